The number of aromatic nitrogens is 1. The molecule has 19 heavy (non-hydrogen) atoms. The van der Waals surface area contributed by atoms with Gasteiger partial charge in [-0.1, -0.05) is 23.7 Å². The Kier molecular flexibility index (Phi) is 4.64. The van der Waals surface area contributed by atoms with Crippen LogP contribution in [0.1, 0.15) is 11.1 Å². The number of benzene rings is 1. The first-order valence-corrected chi connectivity index (χ1v) is 5.98. The zero-order valence-corrected chi connectivity index (χ0v) is 11.1. The molecule has 4 nitrogen and oxygen atoms in total. The summed E-state index contributed by atoms with van der Waals surface area (Å²) in [6, 6.07) is 10.9. The highest BCUT2D eigenvalue weighted by molar-refractivity contribution is 6.30. The molecule has 5 heteroatoms. The van der Waals surface area contributed by atoms with E-state index in [2.05, 4.69) is 15.2 Å². The Morgan fingerprint density at radius 2 is 1.84 bits per heavy atom. The fraction of sp³-hybridized carbons (Fsp3) is 0.0714. The van der Waals surface area contributed by atoms with Gasteiger partial charge in [-0.3, -0.25) is 4.98 Å². The van der Waals surface area contributed by atoms with Crippen LogP contribution in [-0.2, 0) is 4.74 Å². The van der Waals surface area contributed by atoms with Gasteiger partial charge in [-0.2, -0.15) is 5.10 Å². The minimum Gasteiger partial charge on any atom is -0.479 e. The molecule has 0 amide bonds. The lowest BCUT2D eigenvalue weighted by Gasteiger charge is -2.01. The highest BCUT2D eigenvalue weighted by atomic mass is 35.5. The first-order valence-electron chi connectivity index (χ1n) is 5.60. The van der Waals surface area contributed by atoms with Gasteiger partial charge in [0.25, 0.3) is 0 Å². The molecule has 0 radical (unpaired) electrons. The second kappa shape index (κ2) is 6.66. The number of ether oxygens (including phenoxy) is 1. The van der Waals surface area contributed by atoms with E-state index in [0.717, 1.165) is 11.1 Å². The number of methoxy groups -OCH3 is 1. The Balaban J connectivity index is 2.14. The third-order valence-electron chi connectivity index (χ3n) is 2.35. The fourth-order valence-corrected chi connectivity index (χ4v) is 1.53. The Morgan fingerprint density at radius 1 is 1.16 bits per heavy atom. The largest absolute Gasteiger partial charge is 0.479 e. The molecule has 1 aromatic heterocycles. The number of hydrogen-bond donors (Lipinski definition) is 0. The van der Waals surface area contributed by atoms with Crippen molar-refractivity contribution in [3.05, 3.63) is 64.9 Å². The monoisotopic (exact) mass is 273 g/mol. The van der Waals surface area contributed by atoms with Crippen LogP contribution in [-0.4, -0.2) is 24.2 Å². The van der Waals surface area contributed by atoms with Crippen LogP contribution < -0.4 is 0 Å². The van der Waals surface area contributed by atoms with E-state index in [1.807, 2.05) is 12.1 Å². The summed E-state index contributed by atoms with van der Waals surface area (Å²) in [5.74, 6) is 0.438. The van der Waals surface area contributed by atoms with Crippen LogP contribution in [0, 0.1) is 0 Å². The van der Waals surface area contributed by atoms with Crippen molar-refractivity contribution in [1.82, 2.24) is 4.98 Å². The Morgan fingerprint density at radius 3 is 2.47 bits per heavy atom. The number of nitrogens with zero attached hydrogens (tertiary/aromatic N) is 3. The molecule has 1 heterocycles. The van der Waals surface area contributed by atoms with Gasteiger partial charge in [0.2, 0.25) is 5.90 Å². The van der Waals surface area contributed by atoms with Crippen LogP contribution in [0.5, 0.6) is 0 Å². The van der Waals surface area contributed by atoms with Crippen LogP contribution >= 0.6 is 11.6 Å². The predicted octanol–water partition coefficient (Wildman–Crippen LogP) is 3.16. The van der Waals surface area contributed by atoms with Gasteiger partial charge in [0.1, 0.15) is 0 Å². The molecule has 0 saturated carbocycles. The van der Waals surface area contributed by atoms with E-state index in [-0.39, 0.29) is 0 Å². The number of pyridine rings is 1. The Bertz CT molecular complexity index is 579. The Hall–Kier alpha value is -2.20. The number of rotatable bonds is 3. The van der Waals surface area contributed by atoms with Gasteiger partial charge in [0, 0.05) is 23.0 Å². The van der Waals surface area contributed by atoms with Crippen molar-refractivity contribution in [3.8, 4) is 0 Å². The molecule has 0 aliphatic rings. The second-order valence-corrected chi connectivity index (χ2v) is 4.08. The van der Waals surface area contributed by atoms with Gasteiger partial charge in [0.15, 0.2) is 0 Å². The van der Waals surface area contributed by atoms with E-state index in [9.17, 15) is 0 Å². The van der Waals surface area contributed by atoms with E-state index in [1.54, 1.807) is 50.0 Å². The zero-order chi connectivity index (χ0) is 13.5. The lowest BCUT2D eigenvalue weighted by atomic mass is 10.2. The first kappa shape index (κ1) is 13.2. The van der Waals surface area contributed by atoms with Crippen LogP contribution in [0.2, 0.25) is 5.02 Å². The molecule has 0 aliphatic carbocycles. The minimum atomic E-state index is 0.438. The zero-order valence-electron chi connectivity index (χ0n) is 10.3. The topological polar surface area (TPSA) is 46.8 Å². The fourth-order valence-electron chi connectivity index (χ4n) is 1.41. The molecule has 0 atom stereocenters. The normalized spacial score (nSPS) is 11.8. The maximum Gasteiger partial charge on any atom is 0.240 e. The molecule has 0 aliphatic heterocycles. The molecule has 2 aromatic rings. The second-order valence-electron chi connectivity index (χ2n) is 3.64. The van der Waals surface area contributed by atoms with E-state index >= 15 is 0 Å². The van der Waals surface area contributed by atoms with Gasteiger partial charge in [0.05, 0.1) is 13.3 Å². The average molecular weight is 274 g/mol. The summed E-state index contributed by atoms with van der Waals surface area (Å²) in [5.41, 5.74) is 1.74. The minimum absolute atomic E-state index is 0.438. The molecule has 96 valence electrons. The molecule has 1 aromatic carbocycles. The molecular weight excluding hydrogens is 262 g/mol. The third-order valence-corrected chi connectivity index (χ3v) is 2.60. The highest BCUT2D eigenvalue weighted by Crippen LogP contribution is 2.08. The lowest BCUT2D eigenvalue weighted by Crippen LogP contribution is -2.02. The lowest BCUT2D eigenvalue weighted by molar-refractivity contribution is 0.403. The SMILES string of the molecule is CO/C(=N/N=C/c1ccc(Cl)cc1)c1ccncc1. The van der Waals surface area contributed by atoms with Crippen LogP contribution in [0.4, 0.5) is 0 Å². The maximum absolute atomic E-state index is 5.80. The van der Waals surface area contributed by atoms with Gasteiger partial charge < -0.3 is 4.74 Å². The quantitative estimate of drug-likeness (QED) is 0.490. The molecule has 0 saturated heterocycles. The van der Waals surface area contributed by atoms with Crippen molar-refractivity contribution in [1.29, 1.82) is 0 Å². The van der Waals surface area contributed by atoms with Gasteiger partial charge >= 0.3 is 0 Å². The van der Waals surface area contributed by atoms with Crippen LogP contribution in [0.3, 0.4) is 0 Å². The summed E-state index contributed by atoms with van der Waals surface area (Å²) in [4.78, 5) is 3.94. The maximum atomic E-state index is 5.80. The van der Waals surface area contributed by atoms with Crippen molar-refractivity contribution in [2.24, 2.45) is 10.2 Å². The number of halogens is 1. The molecular formula is C14H12ClN3O. The van der Waals surface area contributed by atoms with Crippen molar-refractivity contribution in [2.45, 2.75) is 0 Å². The van der Waals surface area contributed by atoms with Crippen LogP contribution in [0.25, 0.3) is 0 Å². The molecule has 2 rings (SSSR count). The van der Waals surface area contributed by atoms with Crippen LogP contribution in [0.15, 0.2) is 59.0 Å². The molecule has 0 spiro atoms. The van der Waals surface area contributed by atoms with E-state index < -0.39 is 0 Å². The van der Waals surface area contributed by atoms with Crippen molar-refractivity contribution in [3.63, 3.8) is 0 Å². The summed E-state index contributed by atoms with van der Waals surface area (Å²) in [5, 5.41) is 8.72. The molecule has 0 unspecified atom stereocenters. The standard InChI is InChI=1S/C14H12ClN3O/c1-19-14(12-6-8-16-9-7-12)18-17-10-11-2-4-13(15)5-3-11/h2-10H,1H3/b17-10+,18-14+. The van der Waals surface area contributed by atoms with E-state index in [0.29, 0.717) is 10.9 Å². The first-order chi connectivity index (χ1) is 9.29. The van der Waals surface area contributed by atoms with E-state index in [4.69, 9.17) is 16.3 Å². The predicted molar refractivity (Wildman–Crippen MR) is 76.8 cm³/mol. The highest BCUT2D eigenvalue weighted by Gasteiger charge is 2.01. The summed E-state index contributed by atoms with van der Waals surface area (Å²) >= 11 is 5.80. The van der Waals surface area contributed by atoms with Gasteiger partial charge in [-0.05, 0) is 29.8 Å². The summed E-state index contributed by atoms with van der Waals surface area (Å²) in [6.07, 6.45) is 4.98. The number of hydrogen-bond acceptors (Lipinski definition) is 4. The summed E-state index contributed by atoms with van der Waals surface area (Å²) in [7, 11) is 1.55. The molecule has 0 bridgehead atoms. The van der Waals surface area contributed by atoms with Gasteiger partial charge in [-0.15, -0.1) is 5.10 Å². The summed E-state index contributed by atoms with van der Waals surface area (Å²) < 4.78 is 5.18. The molecule has 0 N–H and O–H groups in total. The van der Waals surface area contributed by atoms with Crippen molar-refractivity contribution < 1.29 is 4.74 Å². The van der Waals surface area contributed by atoms with E-state index in [1.165, 1.54) is 0 Å². The summed E-state index contributed by atoms with van der Waals surface area (Å²) in [6.45, 7) is 0. The molecule has 0 fully saturated rings. The average Bonchev–Trinajstić information content (AvgIpc) is 2.46. The third kappa shape index (κ3) is 3.89. The van der Waals surface area contributed by atoms with Crippen molar-refractivity contribution in [2.75, 3.05) is 7.11 Å². The van der Waals surface area contributed by atoms with Gasteiger partial charge in [-0.25, -0.2) is 0 Å². The van der Waals surface area contributed by atoms with Crippen molar-refractivity contribution >= 4 is 23.7 Å². The smallest absolute Gasteiger partial charge is 0.240 e. The Labute approximate surface area is 116 Å².